The number of hydrogen-bond acceptors (Lipinski definition) is 9. The van der Waals surface area contributed by atoms with Crippen LogP contribution in [0, 0.1) is 5.82 Å². The molecule has 0 spiro atoms. The van der Waals surface area contributed by atoms with Crippen molar-refractivity contribution in [3.05, 3.63) is 60.5 Å². The van der Waals surface area contributed by atoms with Gasteiger partial charge in [-0.05, 0) is 36.4 Å². The van der Waals surface area contributed by atoms with Crippen LogP contribution in [0.4, 0.5) is 38.9 Å². The molecule has 2 aromatic carbocycles. The van der Waals surface area contributed by atoms with Gasteiger partial charge in [0.15, 0.2) is 0 Å². The number of hydrogen-bond donors (Lipinski definition) is 3. The van der Waals surface area contributed by atoms with Gasteiger partial charge in [-0.25, -0.2) is 12.8 Å². The van der Waals surface area contributed by atoms with Gasteiger partial charge in [0.1, 0.15) is 17.3 Å². The van der Waals surface area contributed by atoms with Crippen LogP contribution >= 0.6 is 0 Å². The molecular weight excluding hydrogens is 535 g/mol. The fourth-order valence-electron chi connectivity index (χ4n) is 4.98. The molecular formula is C27H31FN8O3S. The number of anilines is 6. The average Bonchev–Trinajstić information content (AvgIpc) is 3.37. The van der Waals surface area contributed by atoms with Crippen molar-refractivity contribution in [1.29, 1.82) is 0 Å². The maximum atomic E-state index is 15.2. The van der Waals surface area contributed by atoms with Gasteiger partial charge in [0.05, 0.1) is 48.0 Å². The minimum Gasteiger partial charge on any atom is -0.378 e. The van der Waals surface area contributed by atoms with E-state index in [4.69, 9.17) is 4.74 Å². The normalized spacial score (nSPS) is 16.6. The Morgan fingerprint density at radius 1 is 1.05 bits per heavy atom. The SMILES string of the molecule is CN(c1ccccc1Nc1nc(Nc2ccc(N3CCN(C4COC4)CC3)c(F)c2)nc2[nH]ccc12)S(C)(=O)=O. The molecule has 0 radical (unpaired) electrons. The van der Waals surface area contributed by atoms with Crippen LogP contribution in [0.25, 0.3) is 11.0 Å². The molecule has 6 rings (SSSR count). The molecule has 0 atom stereocenters. The van der Waals surface area contributed by atoms with E-state index in [1.807, 2.05) is 18.2 Å². The number of rotatable bonds is 8. The first-order valence-electron chi connectivity index (χ1n) is 13.0. The minimum absolute atomic E-state index is 0.259. The van der Waals surface area contributed by atoms with Crippen LogP contribution in [0.3, 0.4) is 0 Å². The lowest BCUT2D eigenvalue weighted by atomic mass is 10.1. The summed E-state index contributed by atoms with van der Waals surface area (Å²) in [5, 5.41) is 7.09. The lowest BCUT2D eigenvalue weighted by Crippen LogP contribution is -2.56. The average molecular weight is 567 g/mol. The largest absolute Gasteiger partial charge is 0.378 e. The topological polar surface area (TPSA) is 119 Å². The molecule has 2 aliphatic rings. The summed E-state index contributed by atoms with van der Waals surface area (Å²) in [6.07, 6.45) is 2.89. The Morgan fingerprint density at radius 2 is 1.82 bits per heavy atom. The van der Waals surface area contributed by atoms with E-state index in [1.165, 1.54) is 17.4 Å². The molecule has 0 bridgehead atoms. The number of halogens is 1. The monoisotopic (exact) mass is 566 g/mol. The van der Waals surface area contributed by atoms with Crippen LogP contribution < -0.4 is 19.8 Å². The van der Waals surface area contributed by atoms with Gasteiger partial charge in [-0.15, -0.1) is 0 Å². The van der Waals surface area contributed by atoms with E-state index in [1.54, 1.807) is 30.5 Å². The molecule has 0 saturated carbocycles. The van der Waals surface area contributed by atoms with Gasteiger partial charge in [0, 0.05) is 45.1 Å². The molecule has 0 unspecified atom stereocenters. The molecule has 0 aliphatic carbocycles. The molecule has 4 heterocycles. The Labute approximate surface area is 232 Å². The zero-order valence-corrected chi connectivity index (χ0v) is 23.1. The summed E-state index contributed by atoms with van der Waals surface area (Å²) in [7, 11) is -1.98. The number of piperazine rings is 1. The highest BCUT2D eigenvalue weighted by Crippen LogP contribution is 2.32. The first-order chi connectivity index (χ1) is 19.3. The highest BCUT2D eigenvalue weighted by molar-refractivity contribution is 7.92. The van der Waals surface area contributed by atoms with Crippen molar-refractivity contribution in [2.24, 2.45) is 0 Å². The van der Waals surface area contributed by atoms with E-state index in [2.05, 4.69) is 35.4 Å². The number of sulfonamides is 1. The van der Waals surface area contributed by atoms with Gasteiger partial charge < -0.3 is 25.3 Å². The van der Waals surface area contributed by atoms with E-state index < -0.39 is 10.0 Å². The van der Waals surface area contributed by atoms with Gasteiger partial charge in [-0.3, -0.25) is 9.21 Å². The third-order valence-corrected chi connectivity index (χ3v) is 8.60. The number of fused-ring (bicyclic) bond motifs is 1. The lowest BCUT2D eigenvalue weighted by molar-refractivity contribution is -0.0660. The quantitative estimate of drug-likeness (QED) is 0.294. The highest BCUT2D eigenvalue weighted by Gasteiger charge is 2.29. The highest BCUT2D eigenvalue weighted by atomic mass is 32.2. The molecule has 2 fully saturated rings. The standard InChI is InChI=1S/C27H31FN8O3S/c1-34(40(2,37)38)24-6-4-3-5-22(24)31-26-20-9-10-29-25(20)32-27(33-26)30-18-7-8-23(21(28)15-18)36-13-11-35(12-14-36)19-16-39-17-19/h3-10,15,19H,11-14,16-17H2,1-2H3,(H3,29,30,31,32,33). The summed E-state index contributed by atoms with van der Waals surface area (Å²) >= 11 is 0. The Morgan fingerprint density at radius 3 is 2.52 bits per heavy atom. The van der Waals surface area contributed by atoms with Gasteiger partial charge in [0.2, 0.25) is 16.0 Å². The summed E-state index contributed by atoms with van der Waals surface area (Å²) in [4.78, 5) is 16.7. The molecule has 11 nitrogen and oxygen atoms in total. The van der Waals surface area contributed by atoms with Crippen molar-refractivity contribution >= 4 is 55.6 Å². The van der Waals surface area contributed by atoms with Crippen molar-refractivity contribution in [2.45, 2.75) is 6.04 Å². The predicted octanol–water partition coefficient (Wildman–Crippen LogP) is 3.50. The first kappa shape index (κ1) is 26.3. The number of aromatic amines is 1. The maximum absolute atomic E-state index is 15.2. The molecule has 13 heteroatoms. The van der Waals surface area contributed by atoms with Crippen molar-refractivity contribution in [3.63, 3.8) is 0 Å². The molecule has 2 aromatic heterocycles. The van der Waals surface area contributed by atoms with Gasteiger partial charge in [-0.2, -0.15) is 9.97 Å². The zero-order chi connectivity index (χ0) is 27.9. The smallest absolute Gasteiger partial charge is 0.232 e. The van der Waals surface area contributed by atoms with Crippen LogP contribution in [0.1, 0.15) is 0 Å². The van der Waals surface area contributed by atoms with E-state index >= 15 is 4.39 Å². The molecule has 210 valence electrons. The minimum atomic E-state index is -3.48. The first-order valence-corrected chi connectivity index (χ1v) is 14.9. The zero-order valence-electron chi connectivity index (χ0n) is 22.3. The molecule has 2 aliphatic heterocycles. The number of nitrogens with zero attached hydrogens (tertiary/aromatic N) is 5. The van der Waals surface area contributed by atoms with Crippen LogP contribution in [-0.2, 0) is 14.8 Å². The van der Waals surface area contributed by atoms with Gasteiger partial charge in [-0.1, -0.05) is 12.1 Å². The molecule has 0 amide bonds. The van der Waals surface area contributed by atoms with E-state index in [0.29, 0.717) is 40.3 Å². The maximum Gasteiger partial charge on any atom is 0.232 e. The van der Waals surface area contributed by atoms with Crippen LogP contribution in [-0.4, -0.2) is 87.0 Å². The van der Waals surface area contributed by atoms with Crippen molar-refractivity contribution in [1.82, 2.24) is 19.9 Å². The van der Waals surface area contributed by atoms with Gasteiger partial charge >= 0.3 is 0 Å². The van der Waals surface area contributed by atoms with Crippen molar-refractivity contribution < 1.29 is 17.5 Å². The number of para-hydroxylation sites is 2. The lowest BCUT2D eigenvalue weighted by Gasteiger charge is -2.43. The summed E-state index contributed by atoms with van der Waals surface area (Å²) < 4.78 is 46.1. The summed E-state index contributed by atoms with van der Waals surface area (Å²) in [5.74, 6) is 0.410. The fourth-order valence-corrected chi connectivity index (χ4v) is 5.50. The molecule has 3 N–H and O–H groups in total. The number of aromatic nitrogens is 3. The predicted molar refractivity (Wildman–Crippen MR) is 155 cm³/mol. The Kier molecular flexibility index (Phi) is 6.94. The van der Waals surface area contributed by atoms with Crippen LogP contribution in [0.15, 0.2) is 54.7 Å². The number of ether oxygens (including phenoxy) is 1. The second-order valence-electron chi connectivity index (χ2n) is 10.0. The number of benzene rings is 2. The Hall–Kier alpha value is -3.94. The van der Waals surface area contributed by atoms with Crippen LogP contribution in [0.2, 0.25) is 0 Å². The van der Waals surface area contributed by atoms with Crippen molar-refractivity contribution in [2.75, 3.05) is 72.5 Å². The second kappa shape index (κ2) is 10.6. The Balaban J connectivity index is 1.22. The van der Waals surface area contributed by atoms with E-state index in [0.717, 1.165) is 51.0 Å². The molecule has 2 saturated heterocycles. The number of nitrogens with one attached hydrogen (secondary N) is 3. The number of H-pyrrole nitrogens is 1. The van der Waals surface area contributed by atoms with E-state index in [9.17, 15) is 8.42 Å². The molecule has 4 aromatic rings. The second-order valence-corrected chi connectivity index (χ2v) is 12.0. The summed E-state index contributed by atoms with van der Waals surface area (Å²) in [6.45, 7) is 4.86. The fraction of sp³-hybridized carbons (Fsp3) is 0.333. The third kappa shape index (κ3) is 5.27. The van der Waals surface area contributed by atoms with Gasteiger partial charge in [0.25, 0.3) is 0 Å². The van der Waals surface area contributed by atoms with Crippen molar-refractivity contribution in [3.8, 4) is 0 Å². The third-order valence-electron chi connectivity index (χ3n) is 7.41. The molecule has 40 heavy (non-hydrogen) atoms. The van der Waals surface area contributed by atoms with E-state index in [-0.39, 0.29) is 11.8 Å². The summed E-state index contributed by atoms with van der Waals surface area (Å²) in [6, 6.07) is 14.4. The summed E-state index contributed by atoms with van der Waals surface area (Å²) in [5.41, 5.74) is 2.69. The van der Waals surface area contributed by atoms with Crippen LogP contribution in [0.5, 0.6) is 0 Å². The Bertz CT molecular complexity index is 1630.